The van der Waals surface area contributed by atoms with Crippen molar-refractivity contribution < 1.29 is 19.2 Å². The molecule has 0 amide bonds. The first kappa shape index (κ1) is 23.5. The van der Waals surface area contributed by atoms with Crippen LogP contribution in [0, 0.1) is 0 Å². The molecule has 0 saturated carbocycles. The SMILES string of the molecule is [2H]c1c([2H])c([2H])c2c([2H])c(-n3c4c([2H])c([2H])c([2H])c([2H])c4c4c(-c5cccc(N(c6ccc(-c7ccccc7)cc6)c6ccc(-c7ccc(-c8ccccc8)cc7)cc6)c5)c([2H])c([2H])c([2H])c43)c([2H])c([2H])c2c1[2H]. The molecule has 0 N–H and O–H groups in total. The molecule has 11 aromatic rings. The Kier molecular flexibility index (Phi) is 5.90. The van der Waals surface area contributed by atoms with Gasteiger partial charge in [-0.3, -0.25) is 0 Å². The summed E-state index contributed by atoms with van der Waals surface area (Å²) in [5, 5.41) is -1.01. The van der Waals surface area contributed by atoms with E-state index in [4.69, 9.17) is 9.60 Å². The molecule has 0 unspecified atom stereocenters. The van der Waals surface area contributed by atoms with Gasteiger partial charge in [0, 0.05) is 33.5 Å². The molecule has 11 rings (SSSR count). The van der Waals surface area contributed by atoms with Crippen molar-refractivity contribution >= 4 is 49.6 Å². The molecule has 0 aliphatic rings. The van der Waals surface area contributed by atoms with Gasteiger partial charge in [-0.25, -0.2) is 0 Å². The lowest BCUT2D eigenvalue weighted by molar-refractivity contribution is 1.19. The van der Waals surface area contributed by atoms with E-state index in [1.54, 1.807) is 18.2 Å². The highest BCUT2D eigenvalue weighted by atomic mass is 15.1. The fraction of sp³-hybridized carbons (Fsp3) is 0. The van der Waals surface area contributed by atoms with Crippen LogP contribution in [0.2, 0.25) is 0 Å². The minimum Gasteiger partial charge on any atom is -0.310 e. The second-order valence-corrected chi connectivity index (χ2v) is 14.3. The number of aromatic nitrogens is 1. The van der Waals surface area contributed by atoms with Gasteiger partial charge in [-0.15, -0.1) is 0 Å². The summed E-state index contributed by atoms with van der Waals surface area (Å²) < 4.78 is 128. The predicted octanol–water partition coefficient (Wildman–Crippen LogP) is 16.1. The summed E-state index contributed by atoms with van der Waals surface area (Å²) in [6.45, 7) is 0. The molecule has 1 heterocycles. The third-order valence-corrected chi connectivity index (χ3v) is 10.8. The van der Waals surface area contributed by atoms with Gasteiger partial charge in [0.25, 0.3) is 0 Å². The summed E-state index contributed by atoms with van der Waals surface area (Å²) in [7, 11) is 0. The lowest BCUT2D eigenvalue weighted by atomic mass is 9.98. The molecule has 2 heteroatoms. The number of hydrogen-bond donors (Lipinski definition) is 0. The molecule has 60 heavy (non-hydrogen) atoms. The van der Waals surface area contributed by atoms with Crippen molar-refractivity contribution in [1.29, 1.82) is 0 Å². The van der Waals surface area contributed by atoms with Crippen molar-refractivity contribution in [3.63, 3.8) is 0 Å². The van der Waals surface area contributed by atoms with Gasteiger partial charge in [0.05, 0.1) is 30.2 Å². The zero-order valence-corrected chi connectivity index (χ0v) is 31.9. The Labute approximate surface area is 370 Å². The zero-order chi connectivity index (χ0) is 52.0. The fourth-order valence-corrected chi connectivity index (χ4v) is 7.87. The van der Waals surface area contributed by atoms with Crippen molar-refractivity contribution in [3.8, 4) is 50.2 Å². The molecule has 282 valence electrons. The highest BCUT2D eigenvalue weighted by molar-refractivity contribution is 6.16. The van der Waals surface area contributed by atoms with Crippen LogP contribution >= 0.6 is 0 Å². The molecule has 10 aromatic carbocycles. The van der Waals surface area contributed by atoms with E-state index in [9.17, 15) is 9.60 Å². The Morgan fingerprint density at radius 2 is 0.883 bits per heavy atom. The summed E-state index contributed by atoms with van der Waals surface area (Å²) in [5.74, 6) is 0. The van der Waals surface area contributed by atoms with Crippen molar-refractivity contribution in [2.24, 2.45) is 0 Å². The first-order valence-electron chi connectivity index (χ1n) is 26.4. The average Bonchev–Trinajstić information content (AvgIpc) is 3.77. The van der Waals surface area contributed by atoms with Gasteiger partial charge in [0.2, 0.25) is 0 Å². The number of fused-ring (bicyclic) bond motifs is 4. The van der Waals surface area contributed by atoms with Crippen LogP contribution in [-0.2, 0) is 0 Å². The maximum atomic E-state index is 9.55. The van der Waals surface area contributed by atoms with E-state index >= 15 is 0 Å². The molecule has 0 atom stereocenters. The number of anilines is 3. The van der Waals surface area contributed by atoms with Crippen molar-refractivity contribution in [1.82, 2.24) is 4.57 Å². The first-order valence-corrected chi connectivity index (χ1v) is 19.4. The average molecular weight is 779 g/mol. The van der Waals surface area contributed by atoms with Gasteiger partial charge >= 0.3 is 0 Å². The zero-order valence-electron chi connectivity index (χ0n) is 45.9. The maximum absolute atomic E-state index is 9.55. The van der Waals surface area contributed by atoms with Crippen LogP contribution in [0.1, 0.15) is 19.2 Å². The molecule has 1 aromatic heterocycles. The van der Waals surface area contributed by atoms with Crippen LogP contribution in [0.4, 0.5) is 17.1 Å². The van der Waals surface area contributed by atoms with E-state index in [1.807, 2.05) is 108 Å². The van der Waals surface area contributed by atoms with Gasteiger partial charge in [-0.05, 0) is 116 Å². The minimum absolute atomic E-state index is 0.0252. The Hall–Kier alpha value is -7.94. The van der Waals surface area contributed by atoms with E-state index in [1.165, 1.54) is 0 Å². The van der Waals surface area contributed by atoms with E-state index in [0.29, 0.717) is 11.3 Å². The van der Waals surface area contributed by atoms with Crippen LogP contribution in [0.15, 0.2) is 242 Å². The number of para-hydroxylation sites is 1. The van der Waals surface area contributed by atoms with E-state index in [2.05, 4.69) is 36.4 Å². The molecule has 0 radical (unpaired) electrons. The summed E-state index contributed by atoms with van der Waals surface area (Å²) in [5.41, 5.74) is 7.71. The lowest BCUT2D eigenvalue weighted by Crippen LogP contribution is -2.10. The van der Waals surface area contributed by atoms with Crippen LogP contribution in [0.5, 0.6) is 0 Å². The molecule has 2 nitrogen and oxygen atoms in total. The second kappa shape index (κ2) is 15.1. The van der Waals surface area contributed by atoms with Crippen molar-refractivity contribution in [2.75, 3.05) is 4.90 Å². The van der Waals surface area contributed by atoms with Crippen LogP contribution in [-0.4, -0.2) is 4.57 Å². The van der Waals surface area contributed by atoms with Crippen LogP contribution in [0.3, 0.4) is 0 Å². The monoisotopic (exact) mass is 778 g/mol. The van der Waals surface area contributed by atoms with Crippen LogP contribution in [0.25, 0.3) is 82.8 Å². The Balaban J connectivity index is 1.14. The van der Waals surface area contributed by atoms with E-state index < -0.39 is 95.7 Å². The van der Waals surface area contributed by atoms with Gasteiger partial charge in [-0.1, -0.05) is 182 Å². The van der Waals surface area contributed by atoms with Gasteiger partial charge in [-0.2, -0.15) is 0 Å². The summed E-state index contributed by atoms with van der Waals surface area (Å²) >= 11 is 0. The van der Waals surface area contributed by atoms with Crippen molar-refractivity contribution in [3.05, 3.63) is 242 Å². The van der Waals surface area contributed by atoms with Crippen molar-refractivity contribution in [2.45, 2.75) is 0 Å². The van der Waals surface area contributed by atoms with E-state index in [0.717, 1.165) is 49.3 Å². The summed E-state index contributed by atoms with van der Waals surface area (Å²) in [4.78, 5) is 2.03. The van der Waals surface area contributed by atoms with Gasteiger partial charge in [0.15, 0.2) is 0 Å². The summed E-state index contributed by atoms with van der Waals surface area (Å²) in [6.07, 6.45) is 0. The summed E-state index contributed by atoms with van der Waals surface area (Å²) in [6, 6.07) is 42.9. The molecule has 0 aliphatic carbocycles. The Morgan fingerprint density at radius 1 is 0.367 bits per heavy atom. The number of hydrogen-bond acceptors (Lipinski definition) is 1. The normalized spacial score (nSPS) is 14.6. The molecule has 0 saturated heterocycles. The number of nitrogens with zero attached hydrogens (tertiary/aromatic N) is 2. The second-order valence-electron chi connectivity index (χ2n) is 14.3. The third kappa shape index (κ3) is 6.41. The molecular weight excluding hydrogens is 725 g/mol. The number of rotatable bonds is 8. The fourth-order valence-electron chi connectivity index (χ4n) is 7.87. The Bertz CT molecular complexity index is 4090. The smallest absolute Gasteiger partial charge is 0.0651 e. The molecular formula is C58H40N2. The largest absolute Gasteiger partial charge is 0.310 e. The first-order chi connectivity index (χ1) is 35.6. The standard InChI is InChI=1S/C58H40N2/c1-3-13-41(14-4-1)44-25-27-45(28-26-44)47-31-36-51(37-32-47)59(50-34-29-46(30-35-50)42-15-5-2-6-16-42)52-20-11-19-49(40-52)54-22-12-24-57-58(54)55-21-9-10-23-56(55)60(57)53-38-33-43-17-7-8-18-48(43)39-53/h1-40H/i7D,8D,9D,10D,12D,17D,18D,21D,22D,23D,24D,33D,38D,39D. The molecule has 0 aliphatic heterocycles. The topological polar surface area (TPSA) is 8.17 Å². The maximum Gasteiger partial charge on any atom is 0.0651 e. The van der Waals surface area contributed by atoms with Crippen LogP contribution < -0.4 is 4.90 Å². The minimum atomic E-state index is -0.715. The van der Waals surface area contributed by atoms with Gasteiger partial charge in [0.1, 0.15) is 0 Å². The number of benzene rings is 10. The lowest BCUT2D eigenvalue weighted by Gasteiger charge is -2.26. The third-order valence-electron chi connectivity index (χ3n) is 10.8. The molecule has 0 bridgehead atoms. The highest BCUT2D eigenvalue weighted by Gasteiger charge is 2.19. The quantitative estimate of drug-likeness (QED) is 0.149. The van der Waals surface area contributed by atoms with Gasteiger partial charge < -0.3 is 9.47 Å². The predicted molar refractivity (Wildman–Crippen MR) is 255 cm³/mol. The highest BCUT2D eigenvalue weighted by Crippen LogP contribution is 2.42. The molecule has 0 spiro atoms. The Morgan fingerprint density at radius 3 is 1.52 bits per heavy atom. The molecule has 0 fully saturated rings. The van der Waals surface area contributed by atoms with E-state index in [-0.39, 0.29) is 32.8 Å².